The monoisotopic (exact) mass is 248 g/mol. The first-order chi connectivity index (χ1) is 8.10. The normalized spacial score (nSPS) is 11.0. The van der Waals surface area contributed by atoms with Gasteiger partial charge in [0, 0.05) is 6.42 Å². The summed E-state index contributed by atoms with van der Waals surface area (Å²) in [7, 11) is 0. The Morgan fingerprint density at radius 2 is 2.35 bits per heavy atom. The standard InChI is InChI=1S/C12H9ClN2O2/c1-2-4-11(12(16)17)15-10-6-3-5-9(13)8(10)7-14/h1,3,5-6,11,15H,4H2,(H,16,17). The number of nitriles is 1. The second-order valence-corrected chi connectivity index (χ2v) is 3.62. The van der Waals surface area contributed by atoms with E-state index in [9.17, 15) is 4.79 Å². The first-order valence-corrected chi connectivity index (χ1v) is 5.09. The van der Waals surface area contributed by atoms with Crippen LogP contribution in [0, 0.1) is 23.7 Å². The summed E-state index contributed by atoms with van der Waals surface area (Å²) in [5.41, 5.74) is 0.570. The van der Waals surface area contributed by atoms with Gasteiger partial charge in [0.05, 0.1) is 16.3 Å². The molecule has 1 aromatic rings. The Kier molecular flexibility index (Phi) is 4.39. The second kappa shape index (κ2) is 5.79. The number of aliphatic carboxylic acids is 1. The lowest BCUT2D eigenvalue weighted by molar-refractivity contribution is -0.137. The minimum atomic E-state index is -1.08. The van der Waals surface area contributed by atoms with Gasteiger partial charge in [-0.3, -0.25) is 0 Å². The topological polar surface area (TPSA) is 73.1 Å². The van der Waals surface area contributed by atoms with Crippen molar-refractivity contribution in [1.82, 2.24) is 0 Å². The number of hydrogen-bond donors (Lipinski definition) is 2. The minimum absolute atomic E-state index is 0.0206. The van der Waals surface area contributed by atoms with Crippen molar-refractivity contribution in [3.05, 3.63) is 28.8 Å². The molecule has 4 nitrogen and oxygen atoms in total. The third-order valence-corrected chi connectivity index (χ3v) is 2.39. The number of carboxylic acids is 1. The number of terminal acetylenes is 1. The molecule has 0 saturated carbocycles. The number of hydrogen-bond acceptors (Lipinski definition) is 3. The number of carbonyl (C=O) groups is 1. The molecule has 1 atom stereocenters. The van der Waals surface area contributed by atoms with E-state index in [4.69, 9.17) is 28.4 Å². The molecule has 0 aliphatic heterocycles. The van der Waals surface area contributed by atoms with E-state index in [-0.39, 0.29) is 17.0 Å². The molecular formula is C12H9ClN2O2. The summed E-state index contributed by atoms with van der Waals surface area (Å²) in [6, 6.07) is 5.74. The molecule has 0 aliphatic carbocycles. The van der Waals surface area contributed by atoms with Gasteiger partial charge in [0.15, 0.2) is 0 Å². The Morgan fingerprint density at radius 1 is 1.65 bits per heavy atom. The molecule has 1 aromatic carbocycles. The molecule has 1 unspecified atom stereocenters. The quantitative estimate of drug-likeness (QED) is 0.801. The Labute approximate surface area is 104 Å². The maximum Gasteiger partial charge on any atom is 0.327 e. The van der Waals surface area contributed by atoms with Crippen LogP contribution in [-0.2, 0) is 4.79 Å². The molecular weight excluding hydrogens is 240 g/mol. The molecule has 0 spiro atoms. The van der Waals surface area contributed by atoms with Gasteiger partial charge >= 0.3 is 5.97 Å². The number of nitrogens with one attached hydrogen (secondary N) is 1. The summed E-state index contributed by atoms with van der Waals surface area (Å²) < 4.78 is 0. The molecule has 0 fully saturated rings. The lowest BCUT2D eigenvalue weighted by atomic mass is 10.1. The molecule has 0 aliphatic rings. The zero-order valence-corrected chi connectivity index (χ0v) is 9.53. The number of anilines is 1. The molecule has 0 heterocycles. The van der Waals surface area contributed by atoms with Crippen LogP contribution in [0.15, 0.2) is 18.2 Å². The summed E-state index contributed by atoms with van der Waals surface area (Å²) in [5, 5.41) is 20.8. The average molecular weight is 249 g/mol. The van der Waals surface area contributed by atoms with E-state index in [1.807, 2.05) is 6.07 Å². The van der Waals surface area contributed by atoms with E-state index in [2.05, 4.69) is 11.2 Å². The van der Waals surface area contributed by atoms with E-state index in [0.29, 0.717) is 5.69 Å². The van der Waals surface area contributed by atoms with Crippen molar-refractivity contribution >= 4 is 23.3 Å². The van der Waals surface area contributed by atoms with Crippen LogP contribution in [-0.4, -0.2) is 17.1 Å². The smallest absolute Gasteiger partial charge is 0.327 e. The van der Waals surface area contributed by atoms with Crippen molar-refractivity contribution in [3.63, 3.8) is 0 Å². The van der Waals surface area contributed by atoms with Crippen molar-refractivity contribution in [3.8, 4) is 18.4 Å². The van der Waals surface area contributed by atoms with Crippen LogP contribution in [0.3, 0.4) is 0 Å². The molecule has 0 radical (unpaired) electrons. The van der Waals surface area contributed by atoms with Gasteiger partial charge in [-0.25, -0.2) is 4.79 Å². The summed E-state index contributed by atoms with van der Waals surface area (Å²) in [6.07, 6.45) is 5.10. The van der Waals surface area contributed by atoms with Gasteiger partial charge in [0.25, 0.3) is 0 Å². The van der Waals surface area contributed by atoms with E-state index in [1.165, 1.54) is 0 Å². The number of benzene rings is 1. The lowest BCUT2D eigenvalue weighted by Crippen LogP contribution is -2.29. The van der Waals surface area contributed by atoms with E-state index >= 15 is 0 Å². The molecule has 0 bridgehead atoms. The highest BCUT2D eigenvalue weighted by molar-refractivity contribution is 6.32. The van der Waals surface area contributed by atoms with Gasteiger partial charge in [-0.2, -0.15) is 5.26 Å². The van der Waals surface area contributed by atoms with Crippen molar-refractivity contribution in [2.45, 2.75) is 12.5 Å². The summed E-state index contributed by atoms with van der Waals surface area (Å²) in [6.45, 7) is 0. The van der Waals surface area contributed by atoms with Crippen LogP contribution in [0.5, 0.6) is 0 Å². The maximum absolute atomic E-state index is 10.9. The maximum atomic E-state index is 10.9. The molecule has 17 heavy (non-hydrogen) atoms. The van der Waals surface area contributed by atoms with Crippen molar-refractivity contribution in [2.24, 2.45) is 0 Å². The van der Waals surface area contributed by atoms with Gasteiger partial charge < -0.3 is 10.4 Å². The minimum Gasteiger partial charge on any atom is -0.480 e. The number of nitrogens with zero attached hydrogens (tertiary/aromatic N) is 1. The van der Waals surface area contributed by atoms with E-state index in [1.54, 1.807) is 18.2 Å². The molecule has 0 aromatic heterocycles. The highest BCUT2D eigenvalue weighted by Crippen LogP contribution is 2.24. The Bertz CT molecular complexity index is 514. The third kappa shape index (κ3) is 3.14. The Morgan fingerprint density at radius 3 is 2.88 bits per heavy atom. The summed E-state index contributed by atoms with van der Waals surface area (Å²) in [5.74, 6) is 1.19. The average Bonchev–Trinajstić information content (AvgIpc) is 2.28. The predicted molar refractivity (Wildman–Crippen MR) is 64.7 cm³/mol. The van der Waals surface area contributed by atoms with Gasteiger partial charge in [0.2, 0.25) is 0 Å². The fourth-order valence-corrected chi connectivity index (χ4v) is 1.48. The molecule has 5 heteroatoms. The zero-order valence-electron chi connectivity index (χ0n) is 8.77. The first kappa shape index (κ1) is 12.9. The molecule has 86 valence electrons. The van der Waals surface area contributed by atoms with E-state index in [0.717, 1.165) is 0 Å². The van der Waals surface area contributed by atoms with Crippen molar-refractivity contribution < 1.29 is 9.90 Å². The predicted octanol–water partition coefficient (Wildman–Crippen LogP) is 2.10. The van der Waals surface area contributed by atoms with Crippen LogP contribution in [0.2, 0.25) is 5.02 Å². The third-order valence-electron chi connectivity index (χ3n) is 2.08. The molecule has 1 rings (SSSR count). The van der Waals surface area contributed by atoms with Crippen molar-refractivity contribution in [1.29, 1.82) is 5.26 Å². The van der Waals surface area contributed by atoms with Gasteiger partial charge in [-0.05, 0) is 12.1 Å². The molecule has 2 N–H and O–H groups in total. The van der Waals surface area contributed by atoms with Crippen LogP contribution in [0.25, 0.3) is 0 Å². The van der Waals surface area contributed by atoms with Gasteiger partial charge in [0.1, 0.15) is 12.1 Å². The van der Waals surface area contributed by atoms with Crippen LogP contribution < -0.4 is 5.32 Å². The number of halogens is 1. The number of rotatable bonds is 4. The highest BCUT2D eigenvalue weighted by atomic mass is 35.5. The van der Waals surface area contributed by atoms with Crippen molar-refractivity contribution in [2.75, 3.05) is 5.32 Å². The van der Waals surface area contributed by atoms with Crippen LogP contribution >= 0.6 is 11.6 Å². The first-order valence-electron chi connectivity index (χ1n) is 4.71. The Balaban J connectivity index is 3.03. The zero-order chi connectivity index (χ0) is 12.8. The fraction of sp³-hybridized carbons (Fsp3) is 0.167. The van der Waals surface area contributed by atoms with Crippen LogP contribution in [0.1, 0.15) is 12.0 Å². The van der Waals surface area contributed by atoms with E-state index < -0.39 is 12.0 Å². The second-order valence-electron chi connectivity index (χ2n) is 3.22. The molecule has 0 saturated heterocycles. The summed E-state index contributed by atoms with van der Waals surface area (Å²) >= 11 is 5.82. The fourth-order valence-electron chi connectivity index (χ4n) is 1.26. The van der Waals surface area contributed by atoms with Gasteiger partial charge in [-0.15, -0.1) is 12.3 Å². The SMILES string of the molecule is C#CCC(Nc1cccc(Cl)c1C#N)C(=O)O. The lowest BCUT2D eigenvalue weighted by Gasteiger charge is -2.14. The molecule has 0 amide bonds. The Hall–Kier alpha value is -2.17. The highest BCUT2D eigenvalue weighted by Gasteiger charge is 2.17. The van der Waals surface area contributed by atoms with Crippen LogP contribution in [0.4, 0.5) is 5.69 Å². The summed E-state index contributed by atoms with van der Waals surface area (Å²) in [4.78, 5) is 10.9. The number of carboxylic acid groups (broad SMARTS) is 1. The largest absolute Gasteiger partial charge is 0.480 e. The van der Waals surface area contributed by atoms with Gasteiger partial charge in [-0.1, -0.05) is 17.7 Å².